The summed E-state index contributed by atoms with van der Waals surface area (Å²) in [5, 5.41) is 0. The molecule has 3 aromatic rings. The third-order valence-electron chi connectivity index (χ3n) is 4.92. The maximum absolute atomic E-state index is 12.7. The third kappa shape index (κ3) is 2.34. The Morgan fingerprint density at radius 3 is 2.73 bits per heavy atom. The smallest absolute Gasteiger partial charge is 0.261 e. The predicted octanol–water partition coefficient (Wildman–Crippen LogP) is 3.27. The van der Waals surface area contributed by atoms with Gasteiger partial charge in [0.1, 0.15) is 5.52 Å². The molecule has 6 nitrogen and oxygen atoms in total. The number of hydrogen-bond donors (Lipinski definition) is 0. The first-order valence-electron chi connectivity index (χ1n) is 8.68. The highest BCUT2D eigenvalue weighted by molar-refractivity contribution is 6.21. The molecule has 0 spiro atoms. The Labute approximate surface area is 149 Å². The molecule has 2 aromatic carbocycles. The Morgan fingerprint density at radius 1 is 1.08 bits per heavy atom. The molecular weight excluding hydrogens is 332 g/mol. The number of hydrogen-bond acceptors (Lipinski definition) is 5. The van der Waals surface area contributed by atoms with Crippen molar-refractivity contribution >= 4 is 22.9 Å². The molecule has 1 fully saturated rings. The molecule has 0 saturated carbocycles. The second-order valence-corrected chi connectivity index (χ2v) is 6.60. The second-order valence-electron chi connectivity index (χ2n) is 6.60. The predicted molar refractivity (Wildman–Crippen MR) is 93.8 cm³/mol. The number of aromatic nitrogens is 1. The Balaban J connectivity index is 1.49. The van der Waals surface area contributed by atoms with Crippen molar-refractivity contribution in [2.45, 2.75) is 18.9 Å². The highest BCUT2D eigenvalue weighted by Gasteiger charge is 2.37. The largest absolute Gasteiger partial charge is 0.436 e. The fourth-order valence-corrected chi connectivity index (χ4v) is 3.58. The van der Waals surface area contributed by atoms with Crippen LogP contribution < -0.4 is 0 Å². The SMILES string of the molecule is O=C1c2ccc(-c3nc4ccccc4o3)cc2C(=O)N1CC1CCCO1. The Bertz CT molecular complexity index is 1000. The lowest BCUT2D eigenvalue weighted by Crippen LogP contribution is -2.36. The number of benzene rings is 2. The van der Waals surface area contributed by atoms with E-state index in [-0.39, 0.29) is 17.9 Å². The first kappa shape index (κ1) is 15.3. The summed E-state index contributed by atoms with van der Waals surface area (Å²) in [5.41, 5.74) is 2.94. The van der Waals surface area contributed by atoms with Crippen LogP contribution >= 0.6 is 0 Å². The average molecular weight is 348 g/mol. The molecule has 1 aromatic heterocycles. The van der Waals surface area contributed by atoms with Gasteiger partial charge in [-0.1, -0.05) is 12.1 Å². The fourth-order valence-electron chi connectivity index (χ4n) is 3.58. The molecule has 26 heavy (non-hydrogen) atoms. The average Bonchev–Trinajstić information content (AvgIpc) is 3.37. The maximum atomic E-state index is 12.7. The summed E-state index contributed by atoms with van der Waals surface area (Å²) in [5.74, 6) is -0.102. The lowest BCUT2D eigenvalue weighted by atomic mass is 10.1. The van der Waals surface area contributed by atoms with Crippen molar-refractivity contribution in [1.29, 1.82) is 0 Å². The Hall–Kier alpha value is -2.99. The molecule has 5 rings (SSSR count). The van der Waals surface area contributed by atoms with Crippen molar-refractivity contribution < 1.29 is 18.7 Å². The van der Waals surface area contributed by atoms with E-state index in [1.54, 1.807) is 18.2 Å². The molecule has 1 saturated heterocycles. The topological polar surface area (TPSA) is 72.6 Å². The summed E-state index contributed by atoms with van der Waals surface area (Å²) >= 11 is 0. The van der Waals surface area contributed by atoms with Gasteiger partial charge in [0.15, 0.2) is 5.58 Å². The summed E-state index contributed by atoms with van der Waals surface area (Å²) < 4.78 is 11.3. The number of rotatable bonds is 3. The monoisotopic (exact) mass is 348 g/mol. The highest BCUT2D eigenvalue weighted by atomic mass is 16.5. The van der Waals surface area contributed by atoms with E-state index in [0.29, 0.717) is 41.3 Å². The molecule has 2 aliphatic rings. The van der Waals surface area contributed by atoms with Crippen LogP contribution in [0.25, 0.3) is 22.6 Å². The minimum atomic E-state index is -0.279. The van der Waals surface area contributed by atoms with Gasteiger partial charge in [0, 0.05) is 12.2 Å². The van der Waals surface area contributed by atoms with Crippen LogP contribution in [-0.2, 0) is 4.74 Å². The number of oxazole rings is 1. The van der Waals surface area contributed by atoms with Gasteiger partial charge in [-0.05, 0) is 43.2 Å². The minimum absolute atomic E-state index is 0.0614. The van der Waals surface area contributed by atoms with E-state index in [4.69, 9.17) is 9.15 Å². The van der Waals surface area contributed by atoms with Gasteiger partial charge in [0.05, 0.1) is 23.8 Å². The van der Waals surface area contributed by atoms with E-state index in [0.717, 1.165) is 18.4 Å². The zero-order valence-electron chi connectivity index (χ0n) is 14.0. The molecule has 3 heterocycles. The van der Waals surface area contributed by atoms with Crippen molar-refractivity contribution in [3.8, 4) is 11.5 Å². The molecule has 1 atom stereocenters. The highest BCUT2D eigenvalue weighted by Crippen LogP contribution is 2.30. The van der Waals surface area contributed by atoms with Crippen molar-refractivity contribution in [3.05, 3.63) is 53.6 Å². The van der Waals surface area contributed by atoms with Crippen LogP contribution in [-0.4, -0.2) is 41.0 Å². The van der Waals surface area contributed by atoms with E-state index in [1.165, 1.54) is 4.90 Å². The molecule has 6 heteroatoms. The van der Waals surface area contributed by atoms with Crippen molar-refractivity contribution in [3.63, 3.8) is 0 Å². The Morgan fingerprint density at radius 2 is 1.92 bits per heavy atom. The molecular formula is C20H16N2O4. The van der Waals surface area contributed by atoms with Gasteiger partial charge < -0.3 is 9.15 Å². The molecule has 2 amide bonds. The number of fused-ring (bicyclic) bond motifs is 2. The van der Waals surface area contributed by atoms with E-state index in [2.05, 4.69) is 4.98 Å². The molecule has 0 aliphatic carbocycles. The zero-order valence-corrected chi connectivity index (χ0v) is 14.0. The molecule has 2 aliphatic heterocycles. The van der Waals surface area contributed by atoms with Gasteiger partial charge >= 0.3 is 0 Å². The maximum Gasteiger partial charge on any atom is 0.261 e. The lowest BCUT2D eigenvalue weighted by Gasteiger charge is -2.17. The second kappa shape index (κ2) is 5.78. The number of para-hydroxylation sites is 2. The molecule has 1 unspecified atom stereocenters. The van der Waals surface area contributed by atoms with Crippen LogP contribution in [0.15, 0.2) is 46.9 Å². The van der Waals surface area contributed by atoms with E-state index >= 15 is 0 Å². The van der Waals surface area contributed by atoms with E-state index < -0.39 is 0 Å². The van der Waals surface area contributed by atoms with Crippen molar-refractivity contribution in [1.82, 2.24) is 9.88 Å². The molecule has 130 valence electrons. The van der Waals surface area contributed by atoms with E-state index in [1.807, 2.05) is 24.3 Å². The lowest BCUT2D eigenvalue weighted by molar-refractivity contribution is 0.0475. The normalized spacial score (nSPS) is 19.5. The van der Waals surface area contributed by atoms with Gasteiger partial charge in [0.2, 0.25) is 5.89 Å². The van der Waals surface area contributed by atoms with Gasteiger partial charge in [-0.2, -0.15) is 0 Å². The van der Waals surface area contributed by atoms with E-state index in [9.17, 15) is 9.59 Å². The van der Waals surface area contributed by atoms with Gasteiger partial charge in [0.25, 0.3) is 11.8 Å². The Kier molecular flexibility index (Phi) is 3.39. The van der Waals surface area contributed by atoms with Crippen molar-refractivity contribution in [2.24, 2.45) is 0 Å². The first-order chi connectivity index (χ1) is 12.7. The van der Waals surface area contributed by atoms with Crippen LogP contribution in [0.5, 0.6) is 0 Å². The van der Waals surface area contributed by atoms with Crippen LogP contribution in [0, 0.1) is 0 Å². The summed E-state index contributed by atoms with van der Waals surface area (Å²) in [7, 11) is 0. The molecule has 0 radical (unpaired) electrons. The van der Waals surface area contributed by atoms with Crippen LogP contribution in [0.3, 0.4) is 0 Å². The molecule has 0 bridgehead atoms. The number of carbonyl (C=O) groups is 2. The van der Waals surface area contributed by atoms with Crippen molar-refractivity contribution in [2.75, 3.05) is 13.2 Å². The van der Waals surface area contributed by atoms with Gasteiger partial charge in [-0.3, -0.25) is 14.5 Å². The first-order valence-corrected chi connectivity index (χ1v) is 8.68. The molecule has 0 N–H and O–H groups in total. The fraction of sp³-hybridized carbons (Fsp3) is 0.250. The standard InChI is InChI=1S/C20H16N2O4/c23-19-14-8-7-12(18-21-16-5-1-2-6-17(16)26-18)10-15(14)20(24)22(19)11-13-4-3-9-25-13/h1-2,5-8,10,13H,3-4,9,11H2. The quantitative estimate of drug-likeness (QED) is 0.679. The zero-order chi connectivity index (χ0) is 17.7. The number of carbonyl (C=O) groups excluding carboxylic acids is 2. The van der Waals surface area contributed by atoms with Gasteiger partial charge in [-0.15, -0.1) is 0 Å². The minimum Gasteiger partial charge on any atom is -0.436 e. The van der Waals surface area contributed by atoms with Crippen LogP contribution in [0.1, 0.15) is 33.6 Å². The number of nitrogens with zero attached hydrogens (tertiary/aromatic N) is 2. The third-order valence-corrected chi connectivity index (χ3v) is 4.92. The summed E-state index contributed by atoms with van der Waals surface area (Å²) in [4.78, 5) is 31.1. The number of imide groups is 1. The van der Waals surface area contributed by atoms with Crippen LogP contribution in [0.2, 0.25) is 0 Å². The summed E-state index contributed by atoms with van der Waals surface area (Å²) in [6.45, 7) is 1.00. The number of ether oxygens (including phenoxy) is 1. The summed E-state index contributed by atoms with van der Waals surface area (Å²) in [6.07, 6.45) is 1.78. The number of amides is 2. The summed E-state index contributed by atoms with van der Waals surface area (Å²) in [6, 6.07) is 12.6. The van der Waals surface area contributed by atoms with Crippen LogP contribution in [0.4, 0.5) is 0 Å². The van der Waals surface area contributed by atoms with Gasteiger partial charge in [-0.25, -0.2) is 4.98 Å².